The summed E-state index contributed by atoms with van der Waals surface area (Å²) in [7, 11) is 0.288. The second-order valence-electron chi connectivity index (χ2n) is 25.1. The summed E-state index contributed by atoms with van der Waals surface area (Å²) in [5.74, 6) is 0.707. The van der Waals surface area contributed by atoms with Crippen LogP contribution in [-0.4, -0.2) is 78.8 Å². The number of nitrogens with zero attached hydrogens (tertiary/aromatic N) is 6. The molecule has 1 radical (unpaired) electrons. The summed E-state index contributed by atoms with van der Waals surface area (Å²) in [5, 5.41) is 13.8. The monoisotopic (exact) mass is 1560 g/mol. The van der Waals surface area contributed by atoms with Crippen LogP contribution in [0, 0.1) is 0 Å². The first kappa shape index (κ1) is 74.4. The molecule has 19 heteroatoms. The Bertz CT molecular complexity index is 5570. The van der Waals surface area contributed by atoms with Crippen LogP contribution in [0.5, 0.6) is 5.75 Å². The molecule has 3 N–H and O–H groups in total. The van der Waals surface area contributed by atoms with Crippen molar-refractivity contribution in [3.05, 3.63) is 316 Å². The lowest BCUT2D eigenvalue weighted by Gasteiger charge is -2.32. The Labute approximate surface area is 629 Å². The summed E-state index contributed by atoms with van der Waals surface area (Å²) in [4.78, 5) is 59.6. The van der Waals surface area contributed by atoms with Crippen LogP contribution in [-0.2, 0) is 9.31 Å². The molecule has 16 rings (SSSR count). The van der Waals surface area contributed by atoms with Crippen LogP contribution >= 0.6 is 47.8 Å². The van der Waals surface area contributed by atoms with Crippen LogP contribution in [0.2, 0.25) is 0 Å². The number of hydrogen-bond donors (Lipinski definition) is 2. The zero-order valence-corrected chi connectivity index (χ0v) is 62.4. The predicted octanol–water partition coefficient (Wildman–Crippen LogP) is 20.2. The number of rotatable bonds is 10. The van der Waals surface area contributed by atoms with Crippen molar-refractivity contribution in [2.75, 3.05) is 5.73 Å². The fraction of sp³-hybridized carbons (Fsp3) is 0.0941. The molecule has 1 saturated heterocycles. The Balaban J connectivity index is 0.000000130. The van der Waals surface area contributed by atoms with Gasteiger partial charge in [-0.15, -0.1) is 0 Å². The van der Waals surface area contributed by atoms with Crippen molar-refractivity contribution in [3.8, 4) is 50.6 Å². The second kappa shape index (κ2) is 34.5. The highest BCUT2D eigenvalue weighted by Gasteiger charge is 2.51. The topological polar surface area (TPSA) is 202 Å². The minimum absolute atomic E-state index is 0.0793. The van der Waals surface area contributed by atoms with Gasteiger partial charge in [0.25, 0.3) is 0 Å². The van der Waals surface area contributed by atoms with Crippen molar-refractivity contribution in [2.24, 2.45) is 0 Å². The lowest BCUT2D eigenvalue weighted by molar-refractivity contribution is 0.00578. The molecule has 0 spiro atoms. The highest BCUT2D eigenvalue weighted by Crippen LogP contribution is 2.37. The molecule has 14 nitrogen and oxygen atoms in total. The molecule has 1 fully saturated rings. The number of carbonyl (C=O) groups excluding carboxylic acids is 3. The zero-order chi connectivity index (χ0) is 73.3. The first-order valence-corrected chi connectivity index (χ1v) is 35.5. The lowest BCUT2D eigenvalue weighted by atomic mass is 9.78. The number of Topliss-reactive ketones (excluding diaryl/α,β-unsaturated/α-hetero) is 2. The van der Waals surface area contributed by atoms with Gasteiger partial charge in [0.15, 0.2) is 17.9 Å². The van der Waals surface area contributed by atoms with Gasteiger partial charge in [0.05, 0.1) is 62.1 Å². The van der Waals surface area contributed by atoms with Crippen LogP contribution < -0.4 is 15.9 Å². The molecule has 0 saturated carbocycles. The van der Waals surface area contributed by atoms with Crippen molar-refractivity contribution in [1.82, 2.24) is 29.9 Å². The molecule has 9 aromatic carbocycles. The number of benzene rings is 9. The van der Waals surface area contributed by atoms with Gasteiger partial charge in [-0.05, 0) is 191 Å². The van der Waals surface area contributed by atoms with Crippen molar-refractivity contribution in [2.45, 2.75) is 52.7 Å². The molecule has 513 valence electrons. The van der Waals surface area contributed by atoms with E-state index in [0.29, 0.717) is 24.7 Å². The van der Waals surface area contributed by atoms with E-state index in [9.17, 15) is 14.4 Å². The number of hydrogen-bond acceptors (Lipinski definition) is 14. The van der Waals surface area contributed by atoms with Gasteiger partial charge in [0, 0.05) is 92.6 Å². The SMILES string of the molecule is Brc1ccc2nc(-c3cccc(-c4cnc5ccccc5c4)c3)ccc2c1.CC(=O)c1cccc(-c2cnc3ccccc3c2)c1.CC(=O)c1cccc(Br)c1.CC1(C)OB(c2ccc3nc(-c4ccccn4)ccc3c2)OC1(C)C.Nc1ccc(Br)cc1C=O.O[B]Oc1cnc2ccccc2c1. The Kier molecular flexibility index (Phi) is 24.7. The van der Waals surface area contributed by atoms with Crippen molar-refractivity contribution in [3.63, 3.8) is 0 Å². The quantitative estimate of drug-likeness (QED) is 0.0566. The lowest BCUT2D eigenvalue weighted by Crippen LogP contribution is -2.41. The molecule has 15 aromatic rings. The van der Waals surface area contributed by atoms with E-state index < -0.39 is 0 Å². The van der Waals surface area contributed by atoms with E-state index in [0.717, 1.165) is 136 Å². The van der Waals surface area contributed by atoms with Gasteiger partial charge in [-0.3, -0.25) is 34.3 Å². The van der Waals surface area contributed by atoms with Gasteiger partial charge in [0.2, 0.25) is 0 Å². The number of anilines is 1. The maximum Gasteiger partial charge on any atom is 0.569 e. The molecule has 6 aromatic heterocycles. The molecule has 0 bridgehead atoms. The van der Waals surface area contributed by atoms with Crippen molar-refractivity contribution >= 4 is 146 Å². The zero-order valence-electron chi connectivity index (χ0n) is 57.7. The summed E-state index contributed by atoms with van der Waals surface area (Å²) in [5.41, 5.74) is 21.2. The van der Waals surface area contributed by atoms with Gasteiger partial charge in [-0.1, -0.05) is 181 Å². The van der Waals surface area contributed by atoms with Crippen LogP contribution in [0.1, 0.15) is 72.6 Å². The summed E-state index contributed by atoms with van der Waals surface area (Å²) in [6.07, 6.45) is 7.87. The molecule has 0 unspecified atom stereocenters. The summed E-state index contributed by atoms with van der Waals surface area (Å²) in [6.45, 7) is 11.4. The third kappa shape index (κ3) is 19.3. The normalized spacial score (nSPS) is 12.3. The molecule has 104 heavy (non-hydrogen) atoms. The van der Waals surface area contributed by atoms with E-state index in [1.807, 2.05) is 176 Å². The number of aromatic nitrogens is 6. The fourth-order valence-electron chi connectivity index (χ4n) is 10.9. The van der Waals surface area contributed by atoms with E-state index in [1.54, 1.807) is 50.5 Å². The number of aldehydes is 1. The van der Waals surface area contributed by atoms with Crippen LogP contribution in [0.4, 0.5) is 5.69 Å². The average molecular weight is 1560 g/mol. The van der Waals surface area contributed by atoms with E-state index >= 15 is 0 Å². The number of para-hydroxylation sites is 3. The van der Waals surface area contributed by atoms with E-state index in [2.05, 4.69) is 168 Å². The minimum atomic E-state index is -0.357. The van der Waals surface area contributed by atoms with Gasteiger partial charge in [0.1, 0.15) is 5.75 Å². The molecule has 0 amide bonds. The number of nitrogen functional groups attached to an aromatic ring is 1. The van der Waals surface area contributed by atoms with Gasteiger partial charge in [-0.2, -0.15) is 0 Å². The molecule has 1 aliphatic heterocycles. The van der Waals surface area contributed by atoms with Gasteiger partial charge in [-0.25, -0.2) is 9.97 Å². The van der Waals surface area contributed by atoms with E-state index in [1.165, 1.54) is 0 Å². The fourth-order valence-corrected chi connectivity index (χ4v) is 12.1. The predicted molar refractivity (Wildman–Crippen MR) is 432 cm³/mol. The summed E-state index contributed by atoms with van der Waals surface area (Å²) in [6, 6.07) is 85.0. The number of halogens is 3. The van der Waals surface area contributed by atoms with Crippen LogP contribution in [0.25, 0.3) is 99.4 Å². The maximum absolute atomic E-state index is 11.4. The Morgan fingerprint density at radius 3 is 1.51 bits per heavy atom. The van der Waals surface area contributed by atoms with Crippen LogP contribution in [0.3, 0.4) is 0 Å². The third-order valence-electron chi connectivity index (χ3n) is 17.3. The molecule has 7 heterocycles. The Morgan fingerprint density at radius 1 is 0.442 bits per heavy atom. The number of fused-ring (bicyclic) bond motifs is 5. The molecule has 0 aliphatic carbocycles. The summed E-state index contributed by atoms with van der Waals surface area (Å²) >= 11 is 10.0. The van der Waals surface area contributed by atoms with Crippen LogP contribution in [0.15, 0.2) is 299 Å². The highest BCUT2D eigenvalue weighted by molar-refractivity contribution is 9.11. The minimum Gasteiger partial charge on any atom is -0.536 e. The maximum atomic E-state index is 11.4. The van der Waals surface area contributed by atoms with Crippen molar-refractivity contribution < 1.29 is 33.4 Å². The molecular weight excluding hydrogens is 1490 g/mol. The molecule has 0 atom stereocenters. The summed E-state index contributed by atoms with van der Waals surface area (Å²) < 4.78 is 19.9. The first-order valence-electron chi connectivity index (χ1n) is 33.1. The standard InChI is InChI=1S/C24H15BrN2.C20H21BN2O2.C17H13NO.C9H7BNO2.C8H7BrO.C7H6BrNO/c25-21-9-11-24-19(14-21)8-10-23(27-24)18-6-3-5-16(12-18)20-13-17-4-1-2-7-22(17)26-15-20;1-19(2)20(3,4)25-21(24-19)15-9-11-16-14(13-15)8-10-18(23-16)17-7-5-6-12-22-17;1-12(19)13-6-4-7-14(9-13)16-10-15-5-2-3-8-17(15)18-11-16;12-10-13-8-5-7-3-1-2-4-9(7)11-6-8;1-6(10)7-3-2-4-8(9)5-7;8-6-1-2-7(9)5(3-6)4-10/h1-15H;5-13H,1-4H3;2-11H,1H3;1-6,12H;2-5H,1H3;1-4H,9H2. The number of carbonyl (C=O) groups is 3. The average Bonchev–Trinajstić information content (AvgIpc) is 1.58. The Hall–Kier alpha value is -10.8. The number of ketones is 2. The first-order chi connectivity index (χ1) is 50.2. The molecular formula is C85H69B2Br3N7O7. The smallest absolute Gasteiger partial charge is 0.536 e. The largest absolute Gasteiger partial charge is 0.569 e. The third-order valence-corrected chi connectivity index (χ3v) is 18.7. The molecule has 1 aliphatic rings. The highest BCUT2D eigenvalue weighted by atomic mass is 79.9. The van der Waals surface area contributed by atoms with Gasteiger partial charge >= 0.3 is 14.8 Å². The second-order valence-corrected chi connectivity index (χ2v) is 27.8. The van der Waals surface area contributed by atoms with E-state index in [-0.39, 0.29) is 29.9 Å². The number of pyridine rings is 6. The number of nitrogens with two attached hydrogens (primary N) is 1. The van der Waals surface area contributed by atoms with Gasteiger partial charge < -0.3 is 24.7 Å². The Morgan fingerprint density at radius 2 is 0.933 bits per heavy atom. The van der Waals surface area contributed by atoms with Crippen molar-refractivity contribution in [1.29, 1.82) is 0 Å². The van der Waals surface area contributed by atoms with E-state index in [4.69, 9.17) is 34.7 Å².